The highest BCUT2D eigenvalue weighted by atomic mass is 19.4. The summed E-state index contributed by atoms with van der Waals surface area (Å²) < 4.78 is 51.5. The number of hydrogen-bond donors (Lipinski definition) is 0. The second-order valence-electron chi connectivity index (χ2n) is 7.18. The molecule has 0 amide bonds. The molecule has 6 heteroatoms. The van der Waals surface area contributed by atoms with E-state index in [1.165, 1.54) is 22.6 Å². The summed E-state index contributed by atoms with van der Waals surface area (Å²) in [4.78, 5) is 3.77. The van der Waals surface area contributed by atoms with Gasteiger partial charge < -0.3 is 0 Å². The third kappa shape index (κ3) is 3.48. The van der Waals surface area contributed by atoms with Gasteiger partial charge in [0.05, 0.1) is 6.54 Å². The number of fused-ring (bicyclic) bond motifs is 2. The first-order chi connectivity index (χ1) is 12.4. The molecule has 2 heterocycles. The summed E-state index contributed by atoms with van der Waals surface area (Å²) in [5, 5.41) is 0. The van der Waals surface area contributed by atoms with Crippen LogP contribution in [0.1, 0.15) is 17.0 Å². The Morgan fingerprint density at radius 3 is 2.08 bits per heavy atom. The maximum absolute atomic E-state index is 13.1. The molecule has 2 aromatic rings. The number of piperidine rings is 1. The van der Waals surface area contributed by atoms with Gasteiger partial charge in [-0.05, 0) is 23.3 Å². The molecule has 26 heavy (non-hydrogen) atoms. The van der Waals surface area contributed by atoms with Crippen molar-refractivity contribution in [3.05, 3.63) is 71.5 Å². The van der Waals surface area contributed by atoms with Crippen molar-refractivity contribution >= 4 is 0 Å². The van der Waals surface area contributed by atoms with E-state index >= 15 is 0 Å². The lowest BCUT2D eigenvalue weighted by Crippen LogP contribution is -2.73. The normalized spacial score (nSPS) is 26.5. The van der Waals surface area contributed by atoms with Gasteiger partial charge in [-0.25, -0.2) is 4.39 Å². The Kier molecular flexibility index (Phi) is 4.49. The van der Waals surface area contributed by atoms with E-state index in [9.17, 15) is 17.6 Å². The van der Waals surface area contributed by atoms with Crippen molar-refractivity contribution in [3.63, 3.8) is 0 Å². The molecule has 3 atom stereocenters. The molecular formula is C20H20F4N2. The SMILES string of the molecule is Fc1ccc(CN2[C@@H]3CN(CC(F)(F)F)C[C@H]2C3c2ccccc2)cc1. The van der Waals surface area contributed by atoms with Crippen LogP contribution in [0.3, 0.4) is 0 Å². The summed E-state index contributed by atoms with van der Waals surface area (Å²) >= 11 is 0. The monoisotopic (exact) mass is 364 g/mol. The van der Waals surface area contributed by atoms with Gasteiger partial charge in [-0.1, -0.05) is 42.5 Å². The molecule has 2 aromatic carbocycles. The lowest BCUT2D eigenvalue weighted by molar-refractivity contribution is -0.173. The Labute approximate surface area is 150 Å². The van der Waals surface area contributed by atoms with Crippen molar-refractivity contribution in [2.75, 3.05) is 19.6 Å². The molecule has 0 radical (unpaired) electrons. The quantitative estimate of drug-likeness (QED) is 0.756. The molecule has 0 N–H and O–H groups in total. The van der Waals surface area contributed by atoms with E-state index in [1.54, 1.807) is 12.1 Å². The van der Waals surface area contributed by atoms with Crippen molar-refractivity contribution in [1.29, 1.82) is 0 Å². The number of halogens is 4. The molecule has 2 aliphatic rings. The molecule has 2 fully saturated rings. The number of likely N-dealkylation sites (tertiary alicyclic amines) is 1. The Morgan fingerprint density at radius 2 is 1.50 bits per heavy atom. The molecule has 0 aliphatic carbocycles. The van der Waals surface area contributed by atoms with Crippen molar-refractivity contribution in [1.82, 2.24) is 9.80 Å². The fourth-order valence-corrected chi connectivity index (χ4v) is 4.39. The van der Waals surface area contributed by atoms with E-state index in [-0.39, 0.29) is 23.8 Å². The highest BCUT2D eigenvalue weighted by Gasteiger charge is 2.54. The molecule has 2 bridgehead atoms. The molecule has 0 aromatic heterocycles. The lowest BCUT2D eigenvalue weighted by Gasteiger charge is -2.62. The summed E-state index contributed by atoms with van der Waals surface area (Å²) in [5.74, 6) is -0.0304. The van der Waals surface area contributed by atoms with Gasteiger partial charge in [0.25, 0.3) is 0 Å². The van der Waals surface area contributed by atoms with Crippen LogP contribution < -0.4 is 0 Å². The molecule has 2 nitrogen and oxygen atoms in total. The topological polar surface area (TPSA) is 6.48 Å². The predicted octanol–water partition coefficient (Wildman–Crippen LogP) is 4.04. The van der Waals surface area contributed by atoms with Gasteiger partial charge in [-0.15, -0.1) is 0 Å². The number of alkyl halides is 3. The van der Waals surface area contributed by atoms with Crippen molar-refractivity contribution < 1.29 is 17.6 Å². The Balaban J connectivity index is 1.52. The van der Waals surface area contributed by atoms with Crippen LogP contribution in [-0.4, -0.2) is 47.7 Å². The molecule has 2 saturated heterocycles. The molecule has 0 saturated carbocycles. The van der Waals surface area contributed by atoms with Crippen LogP contribution in [-0.2, 0) is 6.54 Å². The Morgan fingerprint density at radius 1 is 0.885 bits per heavy atom. The van der Waals surface area contributed by atoms with Gasteiger partial charge in [-0.2, -0.15) is 13.2 Å². The third-order valence-corrected chi connectivity index (χ3v) is 5.44. The first-order valence-electron chi connectivity index (χ1n) is 8.75. The van der Waals surface area contributed by atoms with Gasteiger partial charge in [-0.3, -0.25) is 9.80 Å². The molecule has 4 rings (SSSR count). The number of hydrogen-bond acceptors (Lipinski definition) is 2. The number of rotatable bonds is 4. The van der Waals surface area contributed by atoms with Crippen molar-refractivity contribution in [2.45, 2.75) is 30.7 Å². The van der Waals surface area contributed by atoms with Crippen molar-refractivity contribution in [3.8, 4) is 0 Å². The fourth-order valence-electron chi connectivity index (χ4n) is 4.39. The van der Waals surface area contributed by atoms with Crippen LogP contribution in [0, 0.1) is 5.82 Å². The van der Waals surface area contributed by atoms with Gasteiger partial charge in [0.1, 0.15) is 5.82 Å². The van der Waals surface area contributed by atoms with E-state index in [1.807, 2.05) is 18.2 Å². The molecule has 138 valence electrons. The maximum Gasteiger partial charge on any atom is 0.401 e. The van der Waals surface area contributed by atoms with E-state index in [4.69, 9.17) is 0 Å². The largest absolute Gasteiger partial charge is 0.401 e. The summed E-state index contributed by atoms with van der Waals surface area (Å²) in [6.07, 6.45) is -4.17. The predicted molar refractivity (Wildman–Crippen MR) is 91.2 cm³/mol. The first-order valence-corrected chi connectivity index (χ1v) is 8.75. The smallest absolute Gasteiger partial charge is 0.292 e. The summed E-state index contributed by atoms with van der Waals surface area (Å²) in [7, 11) is 0. The van der Waals surface area contributed by atoms with Crippen LogP contribution in [0.5, 0.6) is 0 Å². The number of piperazine rings is 1. The lowest BCUT2D eigenvalue weighted by atomic mass is 9.71. The van der Waals surface area contributed by atoms with E-state index in [0.717, 1.165) is 5.56 Å². The Bertz CT molecular complexity index is 731. The van der Waals surface area contributed by atoms with Crippen LogP contribution >= 0.6 is 0 Å². The van der Waals surface area contributed by atoms with E-state index in [0.29, 0.717) is 19.6 Å². The number of nitrogens with zero attached hydrogens (tertiary/aromatic N) is 2. The van der Waals surface area contributed by atoms with Gasteiger partial charge >= 0.3 is 6.18 Å². The third-order valence-electron chi connectivity index (χ3n) is 5.44. The highest BCUT2D eigenvalue weighted by molar-refractivity contribution is 5.31. The van der Waals surface area contributed by atoms with Crippen molar-refractivity contribution in [2.24, 2.45) is 0 Å². The molecular weight excluding hydrogens is 344 g/mol. The minimum atomic E-state index is -4.17. The van der Waals surface area contributed by atoms with Gasteiger partial charge in [0.15, 0.2) is 0 Å². The molecule has 2 aliphatic heterocycles. The fraction of sp³-hybridized carbons (Fsp3) is 0.400. The molecule has 1 unspecified atom stereocenters. The highest BCUT2D eigenvalue weighted by Crippen LogP contribution is 2.45. The zero-order valence-corrected chi connectivity index (χ0v) is 14.2. The van der Waals surface area contributed by atoms with Crippen LogP contribution in [0.4, 0.5) is 17.6 Å². The Hall–Kier alpha value is -1.92. The van der Waals surface area contributed by atoms with Crippen LogP contribution in [0.15, 0.2) is 54.6 Å². The zero-order chi connectivity index (χ0) is 18.3. The second-order valence-corrected chi connectivity index (χ2v) is 7.18. The number of benzene rings is 2. The van der Waals surface area contributed by atoms with Gasteiger partial charge in [0.2, 0.25) is 0 Å². The minimum Gasteiger partial charge on any atom is -0.292 e. The van der Waals surface area contributed by atoms with E-state index in [2.05, 4.69) is 17.0 Å². The van der Waals surface area contributed by atoms with Gasteiger partial charge in [0, 0.05) is 37.6 Å². The second kappa shape index (κ2) is 6.67. The first kappa shape index (κ1) is 17.5. The van der Waals surface area contributed by atoms with Crippen LogP contribution in [0.25, 0.3) is 0 Å². The van der Waals surface area contributed by atoms with E-state index < -0.39 is 12.7 Å². The standard InChI is InChI=1S/C20H20F4N2/c21-16-8-6-14(7-9-16)10-26-17-11-25(13-20(22,23)24)12-18(26)19(17)15-4-2-1-3-5-15/h1-9,17-19H,10-13H2/t17-,18+,19?. The summed E-state index contributed by atoms with van der Waals surface area (Å²) in [6.45, 7) is 0.582. The minimum absolute atomic E-state index is 0.0450. The molecule has 0 spiro atoms. The summed E-state index contributed by atoms with van der Waals surface area (Å²) in [6, 6.07) is 16.4. The zero-order valence-electron chi connectivity index (χ0n) is 14.2. The maximum atomic E-state index is 13.1. The average molecular weight is 364 g/mol. The van der Waals surface area contributed by atoms with Crippen LogP contribution in [0.2, 0.25) is 0 Å². The summed E-state index contributed by atoms with van der Waals surface area (Å²) in [5.41, 5.74) is 2.17. The average Bonchev–Trinajstić information content (AvgIpc) is 2.60.